The molecular weight excluding hydrogens is 697 g/mol. The normalized spacial score (nSPS) is 14.8. The lowest BCUT2D eigenvalue weighted by atomic mass is 9.66. The molecule has 1 spiro atoms. The predicted octanol–water partition coefficient (Wildman–Crippen LogP) is 13.3. The van der Waals surface area contributed by atoms with Gasteiger partial charge in [0.15, 0.2) is 5.82 Å². The summed E-state index contributed by atoms with van der Waals surface area (Å²) in [7, 11) is 0. The summed E-state index contributed by atoms with van der Waals surface area (Å²) in [5, 5.41) is 5.98. The van der Waals surface area contributed by atoms with E-state index < -0.39 is 5.41 Å². The van der Waals surface area contributed by atoms with Gasteiger partial charge in [-0.2, -0.15) is 0 Å². The lowest BCUT2D eigenvalue weighted by molar-refractivity contribution is 0.729. The molecule has 0 radical (unpaired) electrons. The van der Waals surface area contributed by atoms with E-state index in [-0.39, 0.29) is 0 Å². The SMILES string of the molecule is c1ccc2ccc3c(c2c#1)Sc1c(ccc2ccccc12)C31c2ccccc2-c2cc(C3=CC=C(c4nc(-c5ccccc5)nc5ccccc45)CC3)ccc21. The third-order valence-corrected chi connectivity index (χ3v) is 13.4. The molecular formula is C53H32N2S. The van der Waals surface area contributed by atoms with Gasteiger partial charge in [0.05, 0.1) is 16.6 Å². The van der Waals surface area contributed by atoms with Crippen LogP contribution in [0.1, 0.15) is 46.4 Å². The van der Waals surface area contributed by atoms with Crippen molar-refractivity contribution in [1.82, 2.24) is 9.97 Å². The van der Waals surface area contributed by atoms with Crippen LogP contribution in [-0.4, -0.2) is 9.97 Å². The Balaban J connectivity index is 1.04. The summed E-state index contributed by atoms with van der Waals surface area (Å²) in [5.41, 5.74) is 14.4. The van der Waals surface area contributed by atoms with Gasteiger partial charge in [-0.25, -0.2) is 9.97 Å². The predicted molar refractivity (Wildman–Crippen MR) is 231 cm³/mol. The zero-order chi connectivity index (χ0) is 36.8. The van der Waals surface area contributed by atoms with Crippen LogP contribution in [0.3, 0.4) is 0 Å². The molecule has 9 aromatic rings. The Bertz CT molecular complexity index is 3090. The van der Waals surface area contributed by atoms with Gasteiger partial charge in [0, 0.05) is 26.1 Å². The Morgan fingerprint density at radius 1 is 0.518 bits per heavy atom. The van der Waals surface area contributed by atoms with Gasteiger partial charge < -0.3 is 0 Å². The molecule has 1 unspecified atom stereocenters. The zero-order valence-corrected chi connectivity index (χ0v) is 31.2. The Kier molecular flexibility index (Phi) is 6.85. The smallest absolute Gasteiger partial charge is 0.160 e. The van der Waals surface area contributed by atoms with Crippen molar-refractivity contribution >= 4 is 55.4 Å². The van der Waals surface area contributed by atoms with Gasteiger partial charge in [-0.1, -0.05) is 170 Å². The van der Waals surface area contributed by atoms with Gasteiger partial charge in [-0.05, 0) is 103 Å². The van der Waals surface area contributed by atoms with Crippen molar-refractivity contribution in [3.8, 4) is 22.5 Å². The highest BCUT2D eigenvalue weighted by Crippen LogP contribution is 2.64. The molecule has 2 nitrogen and oxygen atoms in total. The van der Waals surface area contributed by atoms with E-state index in [9.17, 15) is 0 Å². The second-order valence-corrected chi connectivity index (χ2v) is 16.0. The van der Waals surface area contributed by atoms with E-state index in [4.69, 9.17) is 9.97 Å². The first-order valence-electron chi connectivity index (χ1n) is 19.3. The van der Waals surface area contributed by atoms with Crippen molar-refractivity contribution in [2.24, 2.45) is 0 Å². The van der Waals surface area contributed by atoms with E-state index >= 15 is 0 Å². The molecule has 1 atom stereocenters. The van der Waals surface area contributed by atoms with Crippen molar-refractivity contribution in [2.75, 3.05) is 0 Å². The Morgan fingerprint density at radius 2 is 1.23 bits per heavy atom. The van der Waals surface area contributed by atoms with Crippen molar-refractivity contribution in [3.05, 3.63) is 216 Å². The minimum Gasteiger partial charge on any atom is -0.228 e. The third kappa shape index (κ3) is 4.48. The topological polar surface area (TPSA) is 25.8 Å². The minimum absolute atomic E-state index is 0.471. The summed E-state index contributed by atoms with van der Waals surface area (Å²) in [6.45, 7) is 0. The highest BCUT2D eigenvalue weighted by atomic mass is 32.2. The maximum absolute atomic E-state index is 5.17. The molecule has 1 aromatic heterocycles. The van der Waals surface area contributed by atoms with Gasteiger partial charge >= 0.3 is 0 Å². The Hall–Kier alpha value is -6.73. The van der Waals surface area contributed by atoms with Crippen molar-refractivity contribution in [1.29, 1.82) is 0 Å². The first-order valence-corrected chi connectivity index (χ1v) is 20.1. The van der Waals surface area contributed by atoms with Gasteiger partial charge in [0.1, 0.15) is 0 Å². The molecule has 12 rings (SSSR count). The number of hydrogen-bond donors (Lipinski definition) is 0. The van der Waals surface area contributed by atoms with Crippen molar-refractivity contribution < 1.29 is 0 Å². The maximum atomic E-state index is 5.17. The van der Waals surface area contributed by atoms with E-state index in [2.05, 4.69) is 158 Å². The van der Waals surface area contributed by atoms with Crippen LogP contribution in [0, 0.1) is 12.1 Å². The molecule has 0 amide bonds. The van der Waals surface area contributed by atoms with Crippen LogP contribution >= 0.6 is 11.8 Å². The lowest BCUT2D eigenvalue weighted by Crippen LogP contribution is -2.32. The zero-order valence-electron chi connectivity index (χ0n) is 30.4. The highest BCUT2D eigenvalue weighted by Gasteiger charge is 2.51. The molecule has 2 heterocycles. The number of allylic oxidation sites excluding steroid dienone is 4. The number of rotatable bonds is 3. The summed E-state index contributed by atoms with van der Waals surface area (Å²) in [4.78, 5) is 12.7. The third-order valence-electron chi connectivity index (χ3n) is 12.1. The van der Waals surface area contributed by atoms with Crippen LogP contribution in [-0.2, 0) is 5.41 Å². The molecule has 260 valence electrons. The van der Waals surface area contributed by atoms with E-state index in [1.807, 2.05) is 36.0 Å². The fourth-order valence-corrected chi connectivity index (χ4v) is 11.0. The lowest BCUT2D eigenvalue weighted by Gasteiger charge is -2.40. The van der Waals surface area contributed by atoms with E-state index in [0.717, 1.165) is 46.2 Å². The summed E-state index contributed by atoms with van der Waals surface area (Å²) < 4.78 is 0. The molecule has 0 bridgehead atoms. The fraction of sp³-hybridized carbons (Fsp3) is 0.0566. The molecule has 0 saturated carbocycles. The van der Waals surface area contributed by atoms with Crippen LogP contribution in [0.5, 0.6) is 0 Å². The standard InChI is InChI=1S/C53H32N2S/c1-2-14-37(15-3-1)52-54-48-21-11-9-19-42(48)49(55-52)36-24-22-33(23-25-36)38-28-29-45-43(32-38)41-18-8-10-20-44(41)53(45)46-30-26-34-12-4-6-16-39(34)50(46)56-51-40-17-7-5-13-35(40)27-31-47(51)53/h1-6,8-16,18-22,24,26-32H,23,25H2. The van der Waals surface area contributed by atoms with Gasteiger partial charge in [0.2, 0.25) is 0 Å². The van der Waals surface area contributed by atoms with Crippen LogP contribution in [0.15, 0.2) is 180 Å². The van der Waals surface area contributed by atoms with E-state index in [1.165, 1.54) is 76.0 Å². The molecule has 0 fully saturated rings. The second kappa shape index (κ2) is 12.1. The number of aromatic nitrogens is 2. The number of fused-ring (bicyclic) bond motifs is 14. The molecule has 56 heavy (non-hydrogen) atoms. The maximum Gasteiger partial charge on any atom is 0.160 e. The van der Waals surface area contributed by atoms with E-state index in [1.54, 1.807) is 0 Å². The van der Waals surface area contributed by atoms with Gasteiger partial charge in [-0.3, -0.25) is 0 Å². The van der Waals surface area contributed by atoms with E-state index in [0.29, 0.717) is 0 Å². The average molecular weight is 729 g/mol. The molecule has 1 aliphatic heterocycles. The molecule has 3 heteroatoms. The number of nitrogens with zero attached hydrogens (tertiary/aromatic N) is 2. The molecule has 2 aliphatic carbocycles. The summed E-state index contributed by atoms with van der Waals surface area (Å²) in [5.74, 6) is 0.766. The quantitative estimate of drug-likeness (QED) is 0.181. The number of benzene rings is 7. The summed E-state index contributed by atoms with van der Waals surface area (Å²) in [6, 6.07) is 64.2. The van der Waals surface area contributed by atoms with Crippen LogP contribution in [0.2, 0.25) is 0 Å². The van der Waals surface area contributed by atoms with Crippen LogP contribution in [0.25, 0.3) is 66.1 Å². The highest BCUT2D eigenvalue weighted by molar-refractivity contribution is 8.00. The van der Waals surface area contributed by atoms with Crippen LogP contribution < -0.4 is 0 Å². The average Bonchev–Trinajstić information content (AvgIpc) is 3.56. The monoisotopic (exact) mass is 728 g/mol. The summed E-state index contributed by atoms with van der Waals surface area (Å²) >= 11 is 1.90. The molecule has 0 saturated heterocycles. The first-order chi connectivity index (χ1) is 27.8. The number of hydrogen-bond acceptors (Lipinski definition) is 3. The molecule has 0 N–H and O–H groups in total. The Morgan fingerprint density at radius 3 is 2.12 bits per heavy atom. The Labute approximate surface area is 329 Å². The van der Waals surface area contributed by atoms with Gasteiger partial charge in [0.25, 0.3) is 0 Å². The van der Waals surface area contributed by atoms with Crippen molar-refractivity contribution in [2.45, 2.75) is 28.0 Å². The van der Waals surface area contributed by atoms with Gasteiger partial charge in [-0.15, -0.1) is 0 Å². The molecule has 8 aromatic carbocycles. The second-order valence-electron chi connectivity index (χ2n) is 15.0. The minimum atomic E-state index is -0.471. The number of para-hydroxylation sites is 1. The molecule has 3 aliphatic rings. The summed E-state index contributed by atoms with van der Waals surface area (Å²) in [6.07, 6.45) is 6.45. The largest absolute Gasteiger partial charge is 0.228 e. The fourth-order valence-electron chi connectivity index (χ4n) is 9.58. The van der Waals surface area contributed by atoms with Crippen LogP contribution in [0.4, 0.5) is 0 Å². The van der Waals surface area contributed by atoms with Crippen molar-refractivity contribution in [3.63, 3.8) is 0 Å². The first kappa shape index (κ1) is 31.6.